The molecule has 0 N–H and O–H groups in total. The summed E-state index contributed by atoms with van der Waals surface area (Å²) in [5, 5.41) is 0. The fourth-order valence-corrected chi connectivity index (χ4v) is 3.72. The van der Waals surface area contributed by atoms with Gasteiger partial charge in [0.15, 0.2) is 0 Å². The van der Waals surface area contributed by atoms with Gasteiger partial charge < -0.3 is 0 Å². The Balaban J connectivity index is 2.40. The zero-order valence-electron chi connectivity index (χ0n) is 12.0. The van der Waals surface area contributed by atoms with Gasteiger partial charge in [0, 0.05) is 5.41 Å². The van der Waals surface area contributed by atoms with Crippen molar-refractivity contribution < 1.29 is 4.79 Å². The molecule has 2 atom stereocenters. The first kappa shape index (κ1) is 12.9. The number of carbonyl (C=O) groups excluding carboxylic acids is 1. The van der Waals surface area contributed by atoms with Gasteiger partial charge in [-0.3, -0.25) is 4.79 Å². The summed E-state index contributed by atoms with van der Waals surface area (Å²) in [6.07, 6.45) is 6.04. The van der Waals surface area contributed by atoms with Crippen LogP contribution in [-0.4, -0.2) is 5.78 Å². The van der Waals surface area contributed by atoms with E-state index in [1.807, 2.05) is 0 Å². The second-order valence-electron chi connectivity index (χ2n) is 7.08. The molecular weight excluding hydrogens is 208 g/mol. The van der Waals surface area contributed by atoms with Crippen LogP contribution in [0.2, 0.25) is 0 Å². The Kier molecular flexibility index (Phi) is 3.00. The summed E-state index contributed by atoms with van der Waals surface area (Å²) in [4.78, 5) is 12.0. The first-order valence-corrected chi connectivity index (χ1v) is 7.00. The van der Waals surface area contributed by atoms with Crippen molar-refractivity contribution >= 4 is 5.78 Å². The molecule has 0 spiro atoms. The molecule has 2 rings (SSSR count). The minimum atomic E-state index is -0.118. The van der Waals surface area contributed by atoms with E-state index in [0.717, 1.165) is 12.8 Å². The molecular formula is C16H26O. The average Bonchev–Trinajstić information content (AvgIpc) is 2.21. The van der Waals surface area contributed by atoms with Crippen LogP contribution in [0.25, 0.3) is 0 Å². The van der Waals surface area contributed by atoms with Gasteiger partial charge in [-0.2, -0.15) is 0 Å². The molecule has 0 aromatic rings. The van der Waals surface area contributed by atoms with Crippen molar-refractivity contribution in [1.82, 2.24) is 0 Å². The van der Waals surface area contributed by atoms with Crippen LogP contribution in [-0.2, 0) is 4.79 Å². The molecule has 0 fully saturated rings. The minimum absolute atomic E-state index is 0.118. The maximum atomic E-state index is 12.0. The summed E-state index contributed by atoms with van der Waals surface area (Å²) in [7, 11) is 0. The highest BCUT2D eigenvalue weighted by Crippen LogP contribution is 2.53. The summed E-state index contributed by atoms with van der Waals surface area (Å²) in [6.45, 7) is 10.9. The number of allylic oxidation sites excluding steroid dienone is 2. The number of carbonyl (C=O) groups is 1. The predicted molar refractivity (Wildman–Crippen MR) is 71.8 cm³/mol. The Morgan fingerprint density at radius 1 is 1.29 bits per heavy atom. The third kappa shape index (κ3) is 1.98. The fourth-order valence-electron chi connectivity index (χ4n) is 3.72. The molecule has 0 saturated carbocycles. The summed E-state index contributed by atoms with van der Waals surface area (Å²) in [5.41, 5.74) is 3.49. The molecule has 17 heavy (non-hydrogen) atoms. The lowest BCUT2D eigenvalue weighted by molar-refractivity contribution is -0.128. The van der Waals surface area contributed by atoms with Crippen LogP contribution < -0.4 is 0 Å². The molecule has 0 radical (unpaired) electrons. The van der Waals surface area contributed by atoms with Crippen molar-refractivity contribution in [2.45, 2.75) is 66.7 Å². The second-order valence-corrected chi connectivity index (χ2v) is 7.08. The molecule has 0 aliphatic heterocycles. The highest BCUT2D eigenvalue weighted by molar-refractivity contribution is 5.83. The van der Waals surface area contributed by atoms with Crippen LogP contribution >= 0.6 is 0 Å². The van der Waals surface area contributed by atoms with E-state index < -0.39 is 0 Å². The van der Waals surface area contributed by atoms with E-state index in [1.165, 1.54) is 19.3 Å². The van der Waals surface area contributed by atoms with Crippen molar-refractivity contribution in [2.75, 3.05) is 0 Å². The molecule has 0 saturated heterocycles. The largest absolute Gasteiger partial charge is 0.299 e. The van der Waals surface area contributed by atoms with Gasteiger partial charge in [0.2, 0.25) is 0 Å². The van der Waals surface area contributed by atoms with Crippen LogP contribution in [0.3, 0.4) is 0 Å². The Bertz CT molecular complexity index is 375. The Labute approximate surface area is 106 Å². The first-order valence-electron chi connectivity index (χ1n) is 7.00. The molecule has 2 aliphatic rings. The van der Waals surface area contributed by atoms with Gasteiger partial charge in [0.25, 0.3) is 0 Å². The van der Waals surface area contributed by atoms with Crippen LogP contribution in [0, 0.1) is 16.7 Å². The van der Waals surface area contributed by atoms with Crippen LogP contribution in [0.15, 0.2) is 11.1 Å². The van der Waals surface area contributed by atoms with Gasteiger partial charge in [-0.1, -0.05) is 38.8 Å². The van der Waals surface area contributed by atoms with Crippen LogP contribution in [0.4, 0.5) is 0 Å². The highest BCUT2D eigenvalue weighted by Gasteiger charge is 2.45. The molecule has 0 aromatic heterocycles. The Morgan fingerprint density at radius 2 is 1.94 bits per heavy atom. The predicted octanol–water partition coefficient (Wildman–Crippen LogP) is 4.52. The summed E-state index contributed by atoms with van der Waals surface area (Å²) in [5.74, 6) is 0.880. The van der Waals surface area contributed by atoms with Crippen LogP contribution in [0.5, 0.6) is 0 Å². The summed E-state index contributed by atoms with van der Waals surface area (Å²) in [6, 6.07) is 0. The van der Waals surface area contributed by atoms with Gasteiger partial charge in [-0.15, -0.1) is 0 Å². The summed E-state index contributed by atoms with van der Waals surface area (Å²) >= 11 is 0. The monoisotopic (exact) mass is 234 g/mol. The lowest BCUT2D eigenvalue weighted by Crippen LogP contribution is -2.40. The molecule has 2 aliphatic carbocycles. The molecule has 0 amide bonds. The molecule has 0 aromatic carbocycles. The van der Waals surface area contributed by atoms with Crippen molar-refractivity contribution in [3.8, 4) is 0 Å². The quantitative estimate of drug-likeness (QED) is 0.610. The zero-order valence-corrected chi connectivity index (χ0v) is 12.0. The maximum absolute atomic E-state index is 12.0. The SMILES string of the molecule is CC(=O)[C@@]1(C)CC2=C(CCCC2(C)C)C[C@H]1C. The van der Waals surface area contributed by atoms with Gasteiger partial charge in [0.05, 0.1) is 0 Å². The van der Waals surface area contributed by atoms with E-state index in [1.54, 1.807) is 18.1 Å². The molecule has 1 heteroatoms. The molecule has 1 nitrogen and oxygen atoms in total. The van der Waals surface area contributed by atoms with Crippen molar-refractivity contribution in [3.63, 3.8) is 0 Å². The Morgan fingerprint density at radius 3 is 2.53 bits per heavy atom. The van der Waals surface area contributed by atoms with E-state index in [4.69, 9.17) is 0 Å². The summed E-state index contributed by atoms with van der Waals surface area (Å²) < 4.78 is 0. The molecule has 0 unspecified atom stereocenters. The number of Topliss-reactive ketones (excluding diaryl/α,β-unsaturated/α-hetero) is 1. The minimum Gasteiger partial charge on any atom is -0.299 e. The number of hydrogen-bond donors (Lipinski definition) is 0. The fraction of sp³-hybridized carbons (Fsp3) is 0.812. The Hall–Kier alpha value is -0.590. The lowest BCUT2D eigenvalue weighted by Gasteiger charge is -2.47. The van der Waals surface area contributed by atoms with E-state index in [9.17, 15) is 4.79 Å². The van der Waals surface area contributed by atoms with Gasteiger partial charge in [-0.25, -0.2) is 0 Å². The normalized spacial score (nSPS) is 36.6. The molecule has 0 bridgehead atoms. The van der Waals surface area contributed by atoms with E-state index in [-0.39, 0.29) is 5.41 Å². The number of ketones is 1. The smallest absolute Gasteiger partial charge is 0.136 e. The molecule has 96 valence electrons. The van der Waals surface area contributed by atoms with E-state index in [0.29, 0.717) is 17.1 Å². The second kappa shape index (κ2) is 3.96. The standard InChI is InChI=1S/C16H26O/c1-11-9-13-7-6-8-15(3,4)14(13)10-16(11,5)12(2)17/h11H,6-10H2,1-5H3/t11-,16+/m1/s1. The number of hydrogen-bond acceptors (Lipinski definition) is 1. The zero-order chi connectivity index (χ0) is 12.8. The first-order chi connectivity index (χ1) is 7.77. The van der Waals surface area contributed by atoms with E-state index >= 15 is 0 Å². The third-order valence-electron chi connectivity index (χ3n) is 5.51. The van der Waals surface area contributed by atoms with Gasteiger partial charge in [0.1, 0.15) is 5.78 Å². The van der Waals surface area contributed by atoms with Gasteiger partial charge in [-0.05, 0) is 50.4 Å². The average molecular weight is 234 g/mol. The van der Waals surface area contributed by atoms with Crippen molar-refractivity contribution in [1.29, 1.82) is 0 Å². The van der Waals surface area contributed by atoms with Gasteiger partial charge >= 0.3 is 0 Å². The molecule has 0 heterocycles. The lowest BCUT2D eigenvalue weighted by atomic mass is 9.57. The highest BCUT2D eigenvalue weighted by atomic mass is 16.1. The van der Waals surface area contributed by atoms with Crippen molar-refractivity contribution in [2.24, 2.45) is 16.7 Å². The maximum Gasteiger partial charge on any atom is 0.136 e. The topological polar surface area (TPSA) is 17.1 Å². The van der Waals surface area contributed by atoms with E-state index in [2.05, 4.69) is 27.7 Å². The van der Waals surface area contributed by atoms with Crippen molar-refractivity contribution in [3.05, 3.63) is 11.1 Å². The van der Waals surface area contributed by atoms with Crippen LogP contribution in [0.1, 0.15) is 66.7 Å². The third-order valence-corrected chi connectivity index (χ3v) is 5.51. The number of rotatable bonds is 1.